The summed E-state index contributed by atoms with van der Waals surface area (Å²) in [6.07, 6.45) is 0. The van der Waals surface area contributed by atoms with Crippen LogP contribution < -0.4 is 5.32 Å². The molecule has 0 spiro atoms. The summed E-state index contributed by atoms with van der Waals surface area (Å²) in [4.78, 5) is 34.4. The molecule has 0 bridgehead atoms. The van der Waals surface area contributed by atoms with Crippen LogP contribution in [-0.2, 0) is 14.3 Å². The number of carboxylic acid groups (broad SMARTS) is 1. The van der Waals surface area contributed by atoms with Crippen LogP contribution in [0, 0.1) is 0 Å². The topological polar surface area (TPSA) is 92.7 Å². The minimum absolute atomic E-state index is 0.250. The van der Waals surface area contributed by atoms with Crippen LogP contribution >= 0.6 is 0 Å². The summed E-state index contributed by atoms with van der Waals surface area (Å²) in [5, 5.41) is 11.1. The first-order chi connectivity index (χ1) is 11.0. The van der Waals surface area contributed by atoms with Gasteiger partial charge in [0.25, 0.3) is 5.91 Å². The second-order valence-corrected chi connectivity index (χ2v) is 4.71. The number of carbonyl (C=O) groups is 3. The van der Waals surface area contributed by atoms with Gasteiger partial charge in [-0.25, -0.2) is 9.59 Å². The Morgan fingerprint density at radius 1 is 0.957 bits per heavy atom. The molecule has 0 aliphatic carbocycles. The number of ether oxygens (including phenoxy) is 1. The number of rotatable bonds is 5. The molecule has 23 heavy (non-hydrogen) atoms. The van der Waals surface area contributed by atoms with Crippen LogP contribution in [0.3, 0.4) is 0 Å². The van der Waals surface area contributed by atoms with Gasteiger partial charge in [0.2, 0.25) is 6.04 Å². The van der Waals surface area contributed by atoms with E-state index in [2.05, 4.69) is 10.1 Å². The smallest absolute Gasteiger partial charge is 0.340 e. The molecule has 1 unspecified atom stereocenters. The van der Waals surface area contributed by atoms with Crippen LogP contribution in [0.2, 0.25) is 0 Å². The normalized spacial score (nSPS) is 11.3. The maximum Gasteiger partial charge on any atom is 0.340 e. The van der Waals surface area contributed by atoms with Gasteiger partial charge in [0.05, 0.1) is 7.11 Å². The monoisotopic (exact) mass is 313 g/mol. The number of nitrogens with one attached hydrogen (secondary N) is 1. The molecule has 6 heteroatoms. The van der Waals surface area contributed by atoms with Gasteiger partial charge in [-0.3, -0.25) is 4.79 Å². The summed E-state index contributed by atoms with van der Waals surface area (Å²) in [7, 11) is 1.05. The Kier molecular flexibility index (Phi) is 5.09. The molecule has 6 nitrogen and oxygen atoms in total. The van der Waals surface area contributed by atoms with E-state index in [1.807, 2.05) is 30.3 Å². The number of amides is 1. The zero-order valence-electron chi connectivity index (χ0n) is 12.4. The Balaban J connectivity index is 2.14. The third kappa shape index (κ3) is 3.94. The lowest BCUT2D eigenvalue weighted by atomic mass is 10.0. The number of hydrogen-bond acceptors (Lipinski definition) is 4. The Labute approximate surface area is 132 Å². The molecule has 1 amide bonds. The van der Waals surface area contributed by atoms with Crippen molar-refractivity contribution in [2.24, 2.45) is 0 Å². The summed E-state index contributed by atoms with van der Waals surface area (Å²) in [5.41, 5.74) is 2.17. The molecule has 0 aliphatic heterocycles. The van der Waals surface area contributed by atoms with Gasteiger partial charge >= 0.3 is 11.9 Å². The predicted molar refractivity (Wildman–Crippen MR) is 82.8 cm³/mol. The quantitative estimate of drug-likeness (QED) is 0.647. The van der Waals surface area contributed by atoms with E-state index in [1.54, 1.807) is 24.3 Å². The lowest BCUT2D eigenvalue weighted by Crippen LogP contribution is -2.47. The minimum atomic E-state index is -1.73. The lowest BCUT2D eigenvalue weighted by molar-refractivity contribution is -0.152. The van der Waals surface area contributed by atoms with Gasteiger partial charge in [0, 0.05) is 5.56 Å². The fraction of sp³-hybridized carbons (Fsp3) is 0.118. The lowest BCUT2D eigenvalue weighted by Gasteiger charge is -2.12. The van der Waals surface area contributed by atoms with Crippen molar-refractivity contribution in [2.75, 3.05) is 7.11 Å². The van der Waals surface area contributed by atoms with Crippen LogP contribution in [0.1, 0.15) is 10.4 Å². The highest BCUT2D eigenvalue weighted by atomic mass is 16.5. The van der Waals surface area contributed by atoms with Crippen molar-refractivity contribution in [3.8, 4) is 11.1 Å². The molecule has 0 aliphatic rings. The van der Waals surface area contributed by atoms with Crippen molar-refractivity contribution < 1.29 is 24.2 Å². The van der Waals surface area contributed by atoms with Crippen LogP contribution in [0.5, 0.6) is 0 Å². The van der Waals surface area contributed by atoms with Crippen LogP contribution in [0.4, 0.5) is 0 Å². The maximum atomic E-state index is 12.0. The zero-order valence-corrected chi connectivity index (χ0v) is 12.4. The average molecular weight is 313 g/mol. The SMILES string of the molecule is COC(=O)C(NC(=O)c1ccc(-c2ccccc2)cc1)C(=O)O. The van der Waals surface area contributed by atoms with Crippen LogP contribution in [-0.4, -0.2) is 36.1 Å². The Morgan fingerprint density at radius 2 is 1.52 bits per heavy atom. The summed E-state index contributed by atoms with van der Waals surface area (Å²) >= 11 is 0. The van der Waals surface area contributed by atoms with E-state index in [0.717, 1.165) is 18.2 Å². The standard InChI is InChI=1S/C17H15NO5/c1-23-17(22)14(16(20)21)18-15(19)13-9-7-12(8-10-13)11-5-3-2-4-6-11/h2-10,14H,1H3,(H,18,19)(H,20,21). The molecule has 2 N–H and O–H groups in total. The van der Waals surface area contributed by atoms with E-state index in [-0.39, 0.29) is 5.56 Å². The Bertz CT molecular complexity index is 710. The molecule has 118 valence electrons. The molecule has 1 atom stereocenters. The molecule has 0 saturated heterocycles. The highest BCUT2D eigenvalue weighted by Crippen LogP contribution is 2.19. The third-order valence-electron chi connectivity index (χ3n) is 3.21. The second-order valence-electron chi connectivity index (χ2n) is 4.71. The fourth-order valence-electron chi connectivity index (χ4n) is 2.00. The first-order valence-corrected chi connectivity index (χ1v) is 6.80. The van der Waals surface area contributed by atoms with Crippen molar-refractivity contribution in [2.45, 2.75) is 6.04 Å². The van der Waals surface area contributed by atoms with Gasteiger partial charge in [-0.05, 0) is 23.3 Å². The molecule has 2 rings (SSSR count). The minimum Gasteiger partial charge on any atom is -0.479 e. The predicted octanol–water partition coefficient (Wildman–Crippen LogP) is 1.71. The molecular weight excluding hydrogens is 298 g/mol. The number of carbonyl (C=O) groups excluding carboxylic acids is 2. The first kappa shape index (κ1) is 16.2. The summed E-state index contributed by atoms with van der Waals surface area (Å²) in [6, 6.07) is 14.5. The van der Waals surface area contributed by atoms with Gasteiger partial charge < -0.3 is 15.2 Å². The van der Waals surface area contributed by atoms with Crippen molar-refractivity contribution >= 4 is 17.8 Å². The molecule has 0 radical (unpaired) electrons. The first-order valence-electron chi connectivity index (χ1n) is 6.80. The van der Waals surface area contributed by atoms with E-state index >= 15 is 0 Å². The highest BCUT2D eigenvalue weighted by Gasteiger charge is 2.29. The number of carboxylic acids is 1. The summed E-state index contributed by atoms with van der Waals surface area (Å²) in [5.74, 6) is -3.18. The molecule has 0 heterocycles. The molecule has 2 aromatic rings. The van der Waals surface area contributed by atoms with E-state index in [1.165, 1.54) is 0 Å². The third-order valence-corrected chi connectivity index (χ3v) is 3.21. The van der Waals surface area contributed by atoms with Gasteiger partial charge in [-0.2, -0.15) is 0 Å². The van der Waals surface area contributed by atoms with Crippen LogP contribution in [0.15, 0.2) is 54.6 Å². The van der Waals surface area contributed by atoms with Crippen molar-refractivity contribution in [1.82, 2.24) is 5.32 Å². The van der Waals surface area contributed by atoms with Gasteiger partial charge in [-0.15, -0.1) is 0 Å². The van der Waals surface area contributed by atoms with E-state index in [0.29, 0.717) is 0 Å². The Morgan fingerprint density at radius 3 is 2.04 bits per heavy atom. The maximum absolute atomic E-state index is 12.0. The zero-order chi connectivity index (χ0) is 16.8. The average Bonchev–Trinajstić information content (AvgIpc) is 2.59. The largest absolute Gasteiger partial charge is 0.479 e. The molecular formula is C17H15NO5. The molecule has 0 saturated carbocycles. The number of benzene rings is 2. The van der Waals surface area contributed by atoms with E-state index < -0.39 is 23.9 Å². The Hall–Kier alpha value is -3.15. The molecule has 0 fully saturated rings. The molecule has 2 aromatic carbocycles. The van der Waals surface area contributed by atoms with E-state index in [9.17, 15) is 14.4 Å². The number of hydrogen-bond donors (Lipinski definition) is 2. The van der Waals surface area contributed by atoms with Crippen molar-refractivity contribution in [1.29, 1.82) is 0 Å². The molecule has 0 aromatic heterocycles. The van der Waals surface area contributed by atoms with Crippen molar-refractivity contribution in [3.63, 3.8) is 0 Å². The van der Waals surface area contributed by atoms with Gasteiger partial charge in [-0.1, -0.05) is 42.5 Å². The van der Waals surface area contributed by atoms with Gasteiger partial charge in [0.15, 0.2) is 0 Å². The summed E-state index contributed by atoms with van der Waals surface area (Å²) < 4.78 is 4.35. The van der Waals surface area contributed by atoms with Crippen molar-refractivity contribution in [3.05, 3.63) is 60.2 Å². The van der Waals surface area contributed by atoms with Crippen LogP contribution in [0.25, 0.3) is 11.1 Å². The summed E-state index contributed by atoms with van der Waals surface area (Å²) in [6.45, 7) is 0. The number of methoxy groups -OCH3 is 1. The van der Waals surface area contributed by atoms with E-state index in [4.69, 9.17) is 5.11 Å². The number of esters is 1. The fourth-order valence-corrected chi connectivity index (χ4v) is 2.00. The second kappa shape index (κ2) is 7.22. The number of aliphatic carboxylic acids is 1. The van der Waals surface area contributed by atoms with Gasteiger partial charge in [0.1, 0.15) is 0 Å². The highest BCUT2D eigenvalue weighted by molar-refractivity contribution is 6.05.